The summed E-state index contributed by atoms with van der Waals surface area (Å²) in [7, 11) is -2.60. The fourth-order valence-electron chi connectivity index (χ4n) is 1.39. The molecule has 0 aromatic carbocycles. The Kier molecular flexibility index (Phi) is 3.68. The third-order valence-corrected chi connectivity index (χ3v) is 3.71. The van der Waals surface area contributed by atoms with E-state index in [0.717, 1.165) is 0 Å². The molecule has 1 rings (SSSR count). The fourth-order valence-corrected chi connectivity index (χ4v) is 2.38. The molecule has 0 fully saturated rings. The summed E-state index contributed by atoms with van der Waals surface area (Å²) in [5.74, 6) is 0. The second-order valence-electron chi connectivity index (χ2n) is 3.28. The topological polar surface area (TPSA) is 107 Å². The van der Waals surface area contributed by atoms with Crippen molar-refractivity contribution < 1.29 is 13.2 Å². The number of nitrogens with one attached hydrogen (secondary N) is 1. The Morgan fingerprint density at radius 2 is 2.31 bits per heavy atom. The first-order valence-electron chi connectivity index (χ1n) is 4.33. The van der Waals surface area contributed by atoms with E-state index in [0.29, 0.717) is 5.70 Å². The summed E-state index contributed by atoms with van der Waals surface area (Å²) in [5, 5.41) is 7.84. The van der Waals surface area contributed by atoms with Crippen LogP contribution in [0.2, 0.25) is 0 Å². The maximum absolute atomic E-state index is 11.5. The third-order valence-electron chi connectivity index (χ3n) is 2.20. The van der Waals surface area contributed by atoms with E-state index in [2.05, 4.69) is 17.5 Å². The quantitative estimate of drug-likeness (QED) is 0.581. The zero-order valence-electron chi connectivity index (χ0n) is 8.64. The molecule has 5 N–H and O–H groups in total. The molecule has 1 atom stereocenters. The molecule has 0 saturated heterocycles. The highest BCUT2D eigenvalue weighted by Gasteiger charge is 2.41. The summed E-state index contributed by atoms with van der Waals surface area (Å²) in [5.41, 5.74) is 5.83. The van der Waals surface area contributed by atoms with Crippen LogP contribution >= 0.6 is 12.2 Å². The first-order valence-corrected chi connectivity index (χ1v) is 6.28. The Bertz CT molecular complexity index is 455. The molecule has 1 aliphatic rings. The standard InChI is InChI=1S/C8H13N3O3S2/c1-14-8(16(10,12)13)4-2-3-6(5-8)11-7(9)15/h2-4H,5H2,1H3,(H3,9,11,15)(H2,10,12,13). The number of sulfonamides is 1. The lowest BCUT2D eigenvalue weighted by Crippen LogP contribution is -2.46. The van der Waals surface area contributed by atoms with E-state index >= 15 is 0 Å². The highest BCUT2D eigenvalue weighted by molar-refractivity contribution is 7.90. The molecule has 0 radical (unpaired) electrons. The van der Waals surface area contributed by atoms with Gasteiger partial charge in [-0.15, -0.1) is 0 Å². The van der Waals surface area contributed by atoms with Crippen LogP contribution in [0.4, 0.5) is 0 Å². The minimum atomic E-state index is -3.88. The monoisotopic (exact) mass is 263 g/mol. The summed E-state index contributed by atoms with van der Waals surface area (Å²) < 4.78 is 27.9. The summed E-state index contributed by atoms with van der Waals surface area (Å²) in [6.07, 6.45) is 4.60. The lowest BCUT2D eigenvalue weighted by atomic mass is 10.1. The first-order chi connectivity index (χ1) is 7.31. The van der Waals surface area contributed by atoms with Crippen molar-refractivity contribution in [1.82, 2.24) is 5.32 Å². The van der Waals surface area contributed by atoms with E-state index in [1.54, 1.807) is 6.08 Å². The second kappa shape index (κ2) is 4.50. The highest BCUT2D eigenvalue weighted by atomic mass is 32.2. The van der Waals surface area contributed by atoms with Gasteiger partial charge in [0.1, 0.15) is 0 Å². The number of primary sulfonamides is 1. The first kappa shape index (κ1) is 13.1. The van der Waals surface area contributed by atoms with Crippen molar-refractivity contribution in [2.24, 2.45) is 10.9 Å². The van der Waals surface area contributed by atoms with Gasteiger partial charge in [-0.3, -0.25) is 0 Å². The molecule has 0 aromatic heterocycles. The van der Waals surface area contributed by atoms with Crippen LogP contribution in [0, 0.1) is 0 Å². The largest absolute Gasteiger partial charge is 0.376 e. The van der Waals surface area contributed by atoms with Gasteiger partial charge in [0, 0.05) is 19.2 Å². The molecule has 1 unspecified atom stereocenters. The van der Waals surface area contributed by atoms with Crippen LogP contribution < -0.4 is 16.2 Å². The summed E-state index contributed by atoms with van der Waals surface area (Å²) in [6, 6.07) is 0. The Balaban J connectivity index is 3.01. The highest BCUT2D eigenvalue weighted by Crippen LogP contribution is 2.28. The van der Waals surface area contributed by atoms with Crippen LogP contribution in [-0.2, 0) is 14.8 Å². The average molecular weight is 263 g/mol. The zero-order valence-corrected chi connectivity index (χ0v) is 10.3. The van der Waals surface area contributed by atoms with Gasteiger partial charge in [0.15, 0.2) is 5.11 Å². The number of hydrogen-bond donors (Lipinski definition) is 3. The Morgan fingerprint density at radius 3 is 2.75 bits per heavy atom. The third kappa shape index (κ3) is 2.59. The molecular formula is C8H13N3O3S2. The summed E-state index contributed by atoms with van der Waals surface area (Å²) in [6.45, 7) is 0. The van der Waals surface area contributed by atoms with Crippen LogP contribution in [0.25, 0.3) is 0 Å². The van der Waals surface area contributed by atoms with Crippen LogP contribution in [-0.4, -0.2) is 25.6 Å². The lowest BCUT2D eigenvalue weighted by Gasteiger charge is -2.30. The zero-order chi connectivity index (χ0) is 12.4. The van der Waals surface area contributed by atoms with Gasteiger partial charge in [-0.25, -0.2) is 13.6 Å². The molecule has 0 saturated carbocycles. The Morgan fingerprint density at radius 1 is 1.69 bits per heavy atom. The van der Waals surface area contributed by atoms with E-state index < -0.39 is 15.0 Å². The minimum absolute atomic E-state index is 0.0379. The van der Waals surface area contributed by atoms with E-state index in [1.165, 1.54) is 19.3 Å². The van der Waals surface area contributed by atoms with Crippen molar-refractivity contribution in [3.05, 3.63) is 23.9 Å². The lowest BCUT2D eigenvalue weighted by molar-refractivity contribution is 0.0995. The number of rotatable bonds is 3. The molecule has 90 valence electrons. The van der Waals surface area contributed by atoms with Gasteiger partial charge < -0.3 is 15.8 Å². The summed E-state index contributed by atoms with van der Waals surface area (Å²) >= 11 is 4.66. The number of nitrogens with two attached hydrogens (primary N) is 2. The van der Waals surface area contributed by atoms with Gasteiger partial charge in [0.2, 0.25) is 15.0 Å². The van der Waals surface area contributed by atoms with Gasteiger partial charge in [0.25, 0.3) is 0 Å². The smallest absolute Gasteiger partial charge is 0.243 e. The van der Waals surface area contributed by atoms with E-state index in [9.17, 15) is 8.42 Å². The van der Waals surface area contributed by atoms with Gasteiger partial charge in [-0.05, 0) is 24.4 Å². The molecule has 0 amide bonds. The normalized spacial score (nSPS) is 25.0. The van der Waals surface area contributed by atoms with Crippen molar-refractivity contribution in [3.8, 4) is 0 Å². The second-order valence-corrected chi connectivity index (χ2v) is 5.50. The molecule has 0 heterocycles. The number of ether oxygens (including phenoxy) is 1. The van der Waals surface area contributed by atoms with Gasteiger partial charge >= 0.3 is 0 Å². The minimum Gasteiger partial charge on any atom is -0.376 e. The van der Waals surface area contributed by atoms with Crippen molar-refractivity contribution in [2.75, 3.05) is 7.11 Å². The molecule has 6 nitrogen and oxygen atoms in total. The number of hydrogen-bond acceptors (Lipinski definition) is 4. The van der Waals surface area contributed by atoms with E-state index in [-0.39, 0.29) is 11.5 Å². The summed E-state index contributed by atoms with van der Waals surface area (Å²) in [4.78, 5) is -1.56. The number of methoxy groups -OCH3 is 1. The molecule has 16 heavy (non-hydrogen) atoms. The average Bonchev–Trinajstić information content (AvgIpc) is 2.15. The molecule has 0 aromatic rings. The van der Waals surface area contributed by atoms with Crippen molar-refractivity contribution in [2.45, 2.75) is 11.4 Å². The Labute approximate surface area is 99.4 Å². The van der Waals surface area contributed by atoms with Crippen LogP contribution in [0.5, 0.6) is 0 Å². The molecule has 8 heteroatoms. The predicted molar refractivity (Wildman–Crippen MR) is 64.6 cm³/mol. The van der Waals surface area contributed by atoms with Crippen LogP contribution in [0.1, 0.15) is 6.42 Å². The maximum Gasteiger partial charge on any atom is 0.243 e. The van der Waals surface area contributed by atoms with Gasteiger partial charge in [-0.2, -0.15) is 0 Å². The molecule has 1 aliphatic carbocycles. The Hall–Kier alpha value is -0.960. The molecular weight excluding hydrogens is 250 g/mol. The van der Waals surface area contributed by atoms with Crippen molar-refractivity contribution >= 4 is 27.4 Å². The SMILES string of the molecule is COC1(S(N)(=O)=O)C=CC=C(NC(N)=S)C1. The number of thiocarbonyl (C=S) groups is 1. The van der Waals surface area contributed by atoms with E-state index in [1.807, 2.05) is 0 Å². The molecule has 0 bridgehead atoms. The molecule has 0 aliphatic heterocycles. The predicted octanol–water partition coefficient (Wildman–Crippen LogP) is -0.705. The maximum atomic E-state index is 11.5. The van der Waals surface area contributed by atoms with Gasteiger partial charge in [-0.1, -0.05) is 6.08 Å². The number of allylic oxidation sites excluding steroid dienone is 2. The van der Waals surface area contributed by atoms with Gasteiger partial charge in [0.05, 0.1) is 0 Å². The van der Waals surface area contributed by atoms with Crippen molar-refractivity contribution in [3.63, 3.8) is 0 Å². The van der Waals surface area contributed by atoms with Crippen LogP contribution in [0.3, 0.4) is 0 Å². The van der Waals surface area contributed by atoms with E-state index in [4.69, 9.17) is 15.6 Å². The van der Waals surface area contributed by atoms with Crippen LogP contribution in [0.15, 0.2) is 23.9 Å². The fraction of sp³-hybridized carbons (Fsp3) is 0.375. The molecule has 0 spiro atoms. The van der Waals surface area contributed by atoms with Crippen molar-refractivity contribution in [1.29, 1.82) is 0 Å².